The Morgan fingerprint density at radius 3 is 2.43 bits per heavy atom. The molecule has 1 N–H and O–H groups in total. The van der Waals surface area contributed by atoms with Crippen molar-refractivity contribution in [1.82, 2.24) is 0 Å². The first-order valence-corrected chi connectivity index (χ1v) is 6.83. The Hall–Kier alpha value is -2.08. The molecule has 0 saturated carbocycles. The second-order valence-corrected chi connectivity index (χ2v) is 4.22. The highest BCUT2D eigenvalue weighted by Gasteiger charge is 2.07. The van der Waals surface area contributed by atoms with Crippen LogP contribution in [0.3, 0.4) is 0 Å². The third-order valence-corrected chi connectivity index (χ3v) is 2.56. The van der Waals surface area contributed by atoms with Crippen LogP contribution < -0.4 is 10.1 Å². The Kier molecular flexibility index (Phi) is 7.89. The quantitative estimate of drug-likeness (QED) is 0.557. The molecule has 1 aromatic rings. The molecule has 0 saturated heterocycles. The molecule has 0 heterocycles. The second kappa shape index (κ2) is 9.77. The summed E-state index contributed by atoms with van der Waals surface area (Å²) in [5.74, 6) is 0.113. The summed E-state index contributed by atoms with van der Waals surface area (Å²) in [6, 6.07) is 7.00. The third kappa shape index (κ3) is 7.31. The Bertz CT molecular complexity index is 444. The summed E-state index contributed by atoms with van der Waals surface area (Å²) in [6.45, 7) is 3.05. The number of carbonyl (C=O) groups is 2. The average molecular weight is 295 g/mol. The lowest BCUT2D eigenvalue weighted by Crippen LogP contribution is -2.14. The van der Waals surface area contributed by atoms with Crippen LogP contribution in [0.2, 0.25) is 0 Å². The maximum atomic E-state index is 11.7. The van der Waals surface area contributed by atoms with Crippen molar-refractivity contribution in [1.29, 1.82) is 0 Å². The fraction of sp³-hybridized carbons (Fsp3) is 0.467. The molecule has 0 unspecified atom stereocenters. The minimum atomic E-state index is -0.366. The molecular weight excluding hydrogens is 274 g/mol. The van der Waals surface area contributed by atoms with Crippen LogP contribution in [0.5, 0.6) is 5.75 Å². The standard InChI is InChI=1S/C15H21NO5/c1-3-20-15(18)9-8-14(17)16-12-4-6-13(7-5-12)21-11-10-19-2/h4-7H,3,8-11H2,1-2H3,(H,16,17). The van der Waals surface area contributed by atoms with Gasteiger partial charge in [0.25, 0.3) is 0 Å². The van der Waals surface area contributed by atoms with Gasteiger partial charge in [0.15, 0.2) is 0 Å². The van der Waals surface area contributed by atoms with Crippen LogP contribution in [0.4, 0.5) is 5.69 Å². The van der Waals surface area contributed by atoms with E-state index in [0.29, 0.717) is 31.3 Å². The van der Waals surface area contributed by atoms with Crippen LogP contribution in [0, 0.1) is 0 Å². The fourth-order valence-electron chi connectivity index (χ4n) is 1.55. The largest absolute Gasteiger partial charge is 0.491 e. The van der Waals surface area contributed by atoms with E-state index in [0.717, 1.165) is 0 Å². The van der Waals surface area contributed by atoms with E-state index in [1.54, 1.807) is 38.3 Å². The van der Waals surface area contributed by atoms with Crippen molar-refractivity contribution in [3.63, 3.8) is 0 Å². The average Bonchev–Trinajstić information content (AvgIpc) is 2.48. The molecule has 0 fully saturated rings. The summed E-state index contributed by atoms with van der Waals surface area (Å²) in [4.78, 5) is 22.8. The Morgan fingerprint density at radius 1 is 1.10 bits per heavy atom. The molecule has 0 aliphatic carbocycles. The van der Waals surface area contributed by atoms with Gasteiger partial charge in [0.05, 0.1) is 19.6 Å². The minimum Gasteiger partial charge on any atom is -0.491 e. The summed E-state index contributed by atoms with van der Waals surface area (Å²) < 4.78 is 15.1. The molecule has 6 nitrogen and oxygen atoms in total. The molecule has 0 aliphatic heterocycles. The highest BCUT2D eigenvalue weighted by molar-refractivity contribution is 5.92. The molecular formula is C15H21NO5. The third-order valence-electron chi connectivity index (χ3n) is 2.56. The molecule has 0 bridgehead atoms. The summed E-state index contributed by atoms with van der Waals surface area (Å²) >= 11 is 0. The van der Waals surface area contributed by atoms with Crippen LogP contribution in [-0.4, -0.2) is 38.8 Å². The molecule has 0 spiro atoms. The molecule has 0 aromatic heterocycles. The van der Waals surface area contributed by atoms with Crippen LogP contribution in [0.1, 0.15) is 19.8 Å². The molecule has 6 heteroatoms. The highest BCUT2D eigenvalue weighted by Crippen LogP contribution is 2.16. The maximum absolute atomic E-state index is 11.7. The number of amides is 1. The first-order chi connectivity index (χ1) is 10.2. The van der Waals surface area contributed by atoms with E-state index in [2.05, 4.69) is 5.32 Å². The van der Waals surface area contributed by atoms with E-state index in [1.807, 2.05) is 0 Å². The van der Waals surface area contributed by atoms with E-state index in [4.69, 9.17) is 14.2 Å². The van der Waals surface area contributed by atoms with Crippen LogP contribution in [0.15, 0.2) is 24.3 Å². The van der Waals surface area contributed by atoms with E-state index in [-0.39, 0.29) is 24.7 Å². The molecule has 1 aromatic carbocycles. The molecule has 1 rings (SSSR count). The zero-order valence-electron chi connectivity index (χ0n) is 12.4. The number of carbonyl (C=O) groups excluding carboxylic acids is 2. The smallest absolute Gasteiger partial charge is 0.306 e. The van der Waals surface area contributed by atoms with Crippen molar-refractivity contribution < 1.29 is 23.8 Å². The van der Waals surface area contributed by atoms with Crippen LogP contribution >= 0.6 is 0 Å². The van der Waals surface area contributed by atoms with Crippen molar-refractivity contribution in [3.8, 4) is 5.75 Å². The fourth-order valence-corrected chi connectivity index (χ4v) is 1.55. The van der Waals surface area contributed by atoms with Gasteiger partial charge in [-0.25, -0.2) is 0 Å². The van der Waals surface area contributed by atoms with Gasteiger partial charge < -0.3 is 19.5 Å². The van der Waals surface area contributed by atoms with Crippen molar-refractivity contribution in [2.75, 3.05) is 32.2 Å². The highest BCUT2D eigenvalue weighted by atomic mass is 16.5. The molecule has 116 valence electrons. The van der Waals surface area contributed by atoms with E-state index >= 15 is 0 Å². The molecule has 0 radical (unpaired) electrons. The first-order valence-electron chi connectivity index (χ1n) is 6.83. The number of rotatable bonds is 9. The minimum absolute atomic E-state index is 0.0812. The molecule has 0 aliphatic rings. The zero-order valence-corrected chi connectivity index (χ0v) is 12.4. The molecule has 1 amide bonds. The summed E-state index contributed by atoms with van der Waals surface area (Å²) in [7, 11) is 1.61. The lowest BCUT2D eigenvalue weighted by molar-refractivity contribution is -0.144. The van der Waals surface area contributed by atoms with E-state index in [1.165, 1.54) is 0 Å². The summed E-state index contributed by atoms with van der Waals surface area (Å²) in [6.07, 6.45) is 0.183. The predicted octanol–water partition coefficient (Wildman–Crippen LogP) is 1.99. The number of benzene rings is 1. The van der Waals surface area contributed by atoms with E-state index in [9.17, 15) is 9.59 Å². The molecule has 21 heavy (non-hydrogen) atoms. The number of methoxy groups -OCH3 is 1. The van der Waals surface area contributed by atoms with Crippen molar-refractivity contribution in [2.45, 2.75) is 19.8 Å². The Balaban J connectivity index is 2.34. The number of hydrogen-bond donors (Lipinski definition) is 1. The van der Waals surface area contributed by atoms with Gasteiger partial charge in [0.1, 0.15) is 12.4 Å². The van der Waals surface area contributed by atoms with Gasteiger partial charge in [0, 0.05) is 19.2 Å². The summed E-state index contributed by atoms with van der Waals surface area (Å²) in [5, 5.41) is 2.71. The Labute approximate surface area is 124 Å². The topological polar surface area (TPSA) is 73.9 Å². The van der Waals surface area contributed by atoms with E-state index < -0.39 is 0 Å². The Morgan fingerprint density at radius 2 is 1.81 bits per heavy atom. The van der Waals surface area contributed by atoms with Gasteiger partial charge in [-0.2, -0.15) is 0 Å². The lowest BCUT2D eigenvalue weighted by atomic mass is 10.2. The number of esters is 1. The van der Waals surface area contributed by atoms with Gasteiger partial charge >= 0.3 is 5.97 Å². The number of nitrogens with one attached hydrogen (secondary N) is 1. The number of hydrogen-bond acceptors (Lipinski definition) is 5. The van der Waals surface area contributed by atoms with Crippen LogP contribution in [-0.2, 0) is 19.1 Å². The lowest BCUT2D eigenvalue weighted by Gasteiger charge is -2.08. The maximum Gasteiger partial charge on any atom is 0.306 e. The summed E-state index contributed by atoms with van der Waals surface area (Å²) in [5.41, 5.74) is 0.656. The zero-order chi connectivity index (χ0) is 15.5. The van der Waals surface area contributed by atoms with Crippen molar-refractivity contribution >= 4 is 17.6 Å². The molecule has 0 atom stereocenters. The van der Waals surface area contributed by atoms with Gasteiger partial charge in [-0.3, -0.25) is 9.59 Å². The first kappa shape index (κ1) is 17.0. The monoisotopic (exact) mass is 295 g/mol. The van der Waals surface area contributed by atoms with Crippen LogP contribution in [0.25, 0.3) is 0 Å². The predicted molar refractivity (Wildman–Crippen MR) is 78.3 cm³/mol. The van der Waals surface area contributed by atoms with Gasteiger partial charge in [-0.15, -0.1) is 0 Å². The normalized spacial score (nSPS) is 10.0. The van der Waals surface area contributed by atoms with Gasteiger partial charge in [-0.05, 0) is 31.2 Å². The van der Waals surface area contributed by atoms with Gasteiger partial charge in [-0.1, -0.05) is 0 Å². The second-order valence-electron chi connectivity index (χ2n) is 4.22. The van der Waals surface area contributed by atoms with Crippen molar-refractivity contribution in [2.24, 2.45) is 0 Å². The SMILES string of the molecule is CCOC(=O)CCC(=O)Nc1ccc(OCCOC)cc1. The van der Waals surface area contributed by atoms with Gasteiger partial charge in [0.2, 0.25) is 5.91 Å². The van der Waals surface area contributed by atoms with Crippen molar-refractivity contribution in [3.05, 3.63) is 24.3 Å². The number of anilines is 1. The number of ether oxygens (including phenoxy) is 3.